The number of benzene rings is 1. The Balaban J connectivity index is 0.00000157. The highest BCUT2D eigenvalue weighted by atomic mass is 35.5. The zero-order valence-electron chi connectivity index (χ0n) is 13.8. The summed E-state index contributed by atoms with van der Waals surface area (Å²) >= 11 is 0. The van der Waals surface area contributed by atoms with E-state index in [1.165, 1.54) is 12.1 Å². The molecular formula is C18H21ClFN3O2. The monoisotopic (exact) mass is 365 g/mol. The van der Waals surface area contributed by atoms with Crippen molar-refractivity contribution in [2.45, 2.75) is 37.6 Å². The van der Waals surface area contributed by atoms with Crippen LogP contribution in [0.2, 0.25) is 0 Å². The van der Waals surface area contributed by atoms with Gasteiger partial charge in [0, 0.05) is 24.6 Å². The number of rotatable bonds is 3. The predicted molar refractivity (Wildman–Crippen MR) is 93.6 cm³/mol. The largest absolute Gasteiger partial charge is 0.440 e. The first-order chi connectivity index (χ1) is 11.7. The number of carbonyl (C=O) groups excluding carboxylic acids is 1. The summed E-state index contributed by atoms with van der Waals surface area (Å²) in [5.41, 5.74) is 1.14. The van der Waals surface area contributed by atoms with Gasteiger partial charge < -0.3 is 14.6 Å². The maximum absolute atomic E-state index is 13.9. The van der Waals surface area contributed by atoms with E-state index in [0.717, 1.165) is 45.3 Å². The number of oxazole rings is 1. The number of nitrogens with one attached hydrogen (secondary N) is 1. The first-order valence-electron chi connectivity index (χ1n) is 8.80. The Hall–Kier alpha value is -1.66. The fourth-order valence-electron chi connectivity index (χ4n) is 4.07. The van der Waals surface area contributed by atoms with Crippen LogP contribution in [0, 0.1) is 11.7 Å². The average Bonchev–Trinajstić information content (AvgIpc) is 3.35. The maximum Gasteiger partial charge on any atom is 0.253 e. The van der Waals surface area contributed by atoms with Gasteiger partial charge in [0.05, 0.1) is 5.56 Å². The highest BCUT2D eigenvalue weighted by molar-refractivity contribution is 6.04. The van der Waals surface area contributed by atoms with E-state index < -0.39 is 5.82 Å². The van der Waals surface area contributed by atoms with Crippen LogP contribution in [-0.2, 0) is 0 Å². The minimum atomic E-state index is -0.458. The van der Waals surface area contributed by atoms with Crippen LogP contribution in [0.1, 0.15) is 47.8 Å². The van der Waals surface area contributed by atoms with Crippen LogP contribution in [0.4, 0.5) is 4.39 Å². The molecule has 1 unspecified atom stereocenters. The molecule has 1 atom stereocenters. The fourth-order valence-corrected chi connectivity index (χ4v) is 4.07. The van der Waals surface area contributed by atoms with Crippen LogP contribution in [0.3, 0.4) is 0 Å². The molecule has 7 heteroatoms. The van der Waals surface area contributed by atoms with Crippen LogP contribution in [-0.4, -0.2) is 41.5 Å². The minimum Gasteiger partial charge on any atom is -0.440 e. The van der Waals surface area contributed by atoms with Gasteiger partial charge in [-0.3, -0.25) is 4.79 Å². The summed E-state index contributed by atoms with van der Waals surface area (Å²) in [6, 6.07) is 2.74. The number of aromatic nitrogens is 1. The normalized spacial score (nSPS) is 28.0. The predicted octanol–water partition coefficient (Wildman–Crippen LogP) is 3.09. The SMILES string of the molecule is Cl.O=C(NC1CN2CCC1CC2)c1cc(F)cc2oc(C3CC3)nc12. The van der Waals surface area contributed by atoms with Crippen molar-refractivity contribution in [1.29, 1.82) is 0 Å². The molecule has 4 heterocycles. The molecule has 5 nitrogen and oxygen atoms in total. The number of halogens is 2. The van der Waals surface area contributed by atoms with Crippen LogP contribution in [0.5, 0.6) is 0 Å². The quantitative estimate of drug-likeness (QED) is 0.908. The van der Waals surface area contributed by atoms with Gasteiger partial charge in [-0.05, 0) is 50.8 Å². The molecule has 4 aliphatic rings. The molecule has 1 aromatic heterocycles. The summed E-state index contributed by atoms with van der Waals surface area (Å²) in [6.07, 6.45) is 4.35. The Morgan fingerprint density at radius 2 is 2.00 bits per heavy atom. The molecule has 134 valence electrons. The van der Waals surface area contributed by atoms with Gasteiger partial charge in [-0.25, -0.2) is 9.37 Å². The summed E-state index contributed by atoms with van der Waals surface area (Å²) < 4.78 is 19.6. The zero-order chi connectivity index (χ0) is 16.3. The van der Waals surface area contributed by atoms with Gasteiger partial charge in [0.1, 0.15) is 11.3 Å². The van der Waals surface area contributed by atoms with E-state index in [1.807, 2.05) is 0 Å². The lowest BCUT2D eigenvalue weighted by Crippen LogP contribution is -2.57. The van der Waals surface area contributed by atoms with Gasteiger partial charge in [0.2, 0.25) is 0 Å². The summed E-state index contributed by atoms with van der Waals surface area (Å²) in [7, 11) is 0. The topological polar surface area (TPSA) is 58.4 Å². The molecular weight excluding hydrogens is 345 g/mol. The minimum absolute atomic E-state index is 0. The summed E-state index contributed by atoms with van der Waals surface area (Å²) in [6.45, 7) is 3.13. The number of amides is 1. The van der Waals surface area contributed by atoms with E-state index in [-0.39, 0.29) is 29.9 Å². The third-order valence-electron chi connectivity index (χ3n) is 5.62. The lowest BCUT2D eigenvalue weighted by Gasteiger charge is -2.44. The van der Waals surface area contributed by atoms with Crippen LogP contribution >= 0.6 is 12.4 Å². The van der Waals surface area contributed by atoms with Crippen molar-refractivity contribution in [3.05, 3.63) is 29.4 Å². The van der Waals surface area contributed by atoms with Gasteiger partial charge in [-0.1, -0.05) is 0 Å². The standard InChI is InChI=1S/C18H20FN3O2.ClH/c19-12-7-13(16-15(8-12)24-18(21-16)11-1-2-11)17(23)20-14-9-22-5-3-10(14)4-6-22;/h7-8,10-11,14H,1-6,9H2,(H,20,23);1H. The molecule has 1 aliphatic carbocycles. The third-order valence-corrected chi connectivity index (χ3v) is 5.62. The van der Waals surface area contributed by atoms with Crippen molar-refractivity contribution in [2.75, 3.05) is 19.6 Å². The van der Waals surface area contributed by atoms with Gasteiger partial charge in [0.25, 0.3) is 5.91 Å². The molecule has 3 saturated heterocycles. The molecule has 2 aromatic rings. The third kappa shape index (κ3) is 3.02. The van der Waals surface area contributed by atoms with E-state index in [1.54, 1.807) is 0 Å². The molecule has 3 aliphatic heterocycles. The van der Waals surface area contributed by atoms with E-state index in [9.17, 15) is 9.18 Å². The highest BCUT2D eigenvalue weighted by Gasteiger charge is 2.35. The molecule has 0 spiro atoms. The van der Waals surface area contributed by atoms with Crippen molar-refractivity contribution < 1.29 is 13.6 Å². The number of nitrogens with zero attached hydrogens (tertiary/aromatic N) is 2. The molecule has 1 N–H and O–H groups in total. The van der Waals surface area contributed by atoms with Crippen molar-refractivity contribution in [2.24, 2.45) is 5.92 Å². The smallest absolute Gasteiger partial charge is 0.253 e. The second kappa shape index (κ2) is 6.25. The number of fused-ring (bicyclic) bond motifs is 4. The van der Waals surface area contributed by atoms with Crippen LogP contribution < -0.4 is 5.32 Å². The second-order valence-electron chi connectivity index (χ2n) is 7.34. The summed E-state index contributed by atoms with van der Waals surface area (Å²) in [4.78, 5) is 19.6. The number of hydrogen-bond acceptors (Lipinski definition) is 4. The van der Waals surface area contributed by atoms with Crippen molar-refractivity contribution in [3.63, 3.8) is 0 Å². The molecule has 25 heavy (non-hydrogen) atoms. The Bertz CT molecular complexity index is 812. The van der Waals surface area contributed by atoms with Crippen LogP contribution in [0.15, 0.2) is 16.5 Å². The van der Waals surface area contributed by atoms with E-state index >= 15 is 0 Å². The molecule has 1 amide bonds. The number of piperidine rings is 3. The first-order valence-corrected chi connectivity index (χ1v) is 8.80. The molecule has 1 saturated carbocycles. The van der Waals surface area contributed by atoms with E-state index in [0.29, 0.717) is 28.8 Å². The highest BCUT2D eigenvalue weighted by Crippen LogP contribution is 2.41. The molecule has 1 aromatic carbocycles. The second-order valence-corrected chi connectivity index (χ2v) is 7.34. The summed E-state index contributed by atoms with van der Waals surface area (Å²) in [5.74, 6) is 0.794. The summed E-state index contributed by atoms with van der Waals surface area (Å²) in [5, 5.41) is 3.11. The van der Waals surface area contributed by atoms with Crippen molar-refractivity contribution >= 4 is 29.4 Å². The van der Waals surface area contributed by atoms with Crippen LogP contribution in [0.25, 0.3) is 11.1 Å². The molecule has 2 bridgehead atoms. The Morgan fingerprint density at radius 3 is 2.64 bits per heavy atom. The molecule has 6 rings (SSSR count). The van der Waals surface area contributed by atoms with Gasteiger partial charge in [0.15, 0.2) is 11.5 Å². The average molecular weight is 366 g/mol. The number of hydrogen-bond donors (Lipinski definition) is 1. The fraction of sp³-hybridized carbons (Fsp3) is 0.556. The Morgan fingerprint density at radius 1 is 1.24 bits per heavy atom. The van der Waals surface area contributed by atoms with E-state index in [2.05, 4.69) is 15.2 Å². The lowest BCUT2D eigenvalue weighted by atomic mass is 9.84. The van der Waals surface area contributed by atoms with Crippen molar-refractivity contribution in [3.8, 4) is 0 Å². The van der Waals surface area contributed by atoms with Crippen molar-refractivity contribution in [1.82, 2.24) is 15.2 Å². The maximum atomic E-state index is 13.9. The van der Waals surface area contributed by atoms with Gasteiger partial charge in [-0.15, -0.1) is 12.4 Å². The van der Waals surface area contributed by atoms with Gasteiger partial charge in [-0.2, -0.15) is 0 Å². The van der Waals surface area contributed by atoms with E-state index in [4.69, 9.17) is 4.42 Å². The Kier molecular flexibility index (Phi) is 4.20. The molecule has 0 radical (unpaired) electrons. The number of carbonyl (C=O) groups is 1. The van der Waals surface area contributed by atoms with Gasteiger partial charge >= 0.3 is 0 Å². The zero-order valence-corrected chi connectivity index (χ0v) is 14.7. The first kappa shape index (κ1) is 16.8. The molecule has 4 fully saturated rings. The lowest BCUT2D eigenvalue weighted by molar-refractivity contribution is 0.0621. The Labute approximate surface area is 151 Å².